The Morgan fingerprint density at radius 3 is 2.50 bits per heavy atom. The molecule has 140 valence electrons. The molecule has 2 atom stereocenters. The maximum atomic E-state index is 12.7. The van der Waals surface area contributed by atoms with E-state index in [2.05, 4.69) is 4.72 Å². The minimum Gasteiger partial charge on any atom is -0.454 e. The Kier molecular flexibility index (Phi) is 5.99. The molecule has 0 bridgehead atoms. The first-order chi connectivity index (χ1) is 12.3. The molecular weight excluding hydrogens is 413 g/mol. The number of thiophene rings is 1. The van der Waals surface area contributed by atoms with Crippen molar-refractivity contribution in [2.24, 2.45) is 0 Å². The highest BCUT2D eigenvalue weighted by molar-refractivity contribution is 7.84. The molecule has 1 aliphatic rings. The summed E-state index contributed by atoms with van der Waals surface area (Å²) in [4.78, 5) is 0.838. The summed E-state index contributed by atoms with van der Waals surface area (Å²) in [5, 5.41) is 0.606. The second kappa shape index (κ2) is 7.90. The highest BCUT2D eigenvalue weighted by Crippen LogP contribution is 2.40. The lowest BCUT2D eigenvalue weighted by atomic mass is 10.0. The summed E-state index contributed by atoms with van der Waals surface area (Å²) in [6.45, 7) is 5.74. The quantitative estimate of drug-likeness (QED) is 0.658. The second-order valence-corrected chi connectivity index (χ2v) is 10.9. The Morgan fingerprint density at radius 2 is 1.88 bits per heavy atom. The van der Waals surface area contributed by atoms with Crippen LogP contribution in [0.3, 0.4) is 0 Å². The van der Waals surface area contributed by atoms with E-state index in [4.69, 9.17) is 32.7 Å². The number of halogens is 2. The van der Waals surface area contributed by atoms with E-state index >= 15 is 0 Å². The van der Waals surface area contributed by atoms with Crippen molar-refractivity contribution in [2.45, 2.75) is 37.9 Å². The van der Waals surface area contributed by atoms with Gasteiger partial charge in [0.25, 0.3) is 6.29 Å². The van der Waals surface area contributed by atoms with Crippen molar-refractivity contribution in [1.82, 2.24) is 4.72 Å². The maximum Gasteiger partial charge on any atom is 0.275 e. The van der Waals surface area contributed by atoms with Crippen LogP contribution >= 0.6 is 34.5 Å². The van der Waals surface area contributed by atoms with Crippen molar-refractivity contribution in [3.63, 3.8) is 0 Å². The van der Waals surface area contributed by atoms with Gasteiger partial charge in [0.2, 0.25) is 0 Å². The molecule has 0 spiro atoms. The SMILES string of the molecule is CC(C)(C)S(=O)NC(c1cccc(Cl)c1)c1cc(C2OC=CO2)sc1Cl. The Balaban J connectivity index is 1.99. The first-order valence-corrected chi connectivity index (χ1v) is 10.7. The van der Waals surface area contributed by atoms with Crippen LogP contribution in [0.1, 0.15) is 49.1 Å². The van der Waals surface area contributed by atoms with Gasteiger partial charge in [-0.15, -0.1) is 11.3 Å². The van der Waals surface area contributed by atoms with Crippen molar-refractivity contribution in [3.8, 4) is 0 Å². The third-order valence-corrected chi connectivity index (χ3v) is 6.91. The first-order valence-electron chi connectivity index (χ1n) is 7.94. The van der Waals surface area contributed by atoms with Crippen LogP contribution < -0.4 is 4.72 Å². The fourth-order valence-corrected chi connectivity index (χ4v) is 4.72. The average Bonchev–Trinajstić information content (AvgIpc) is 3.21. The molecule has 0 fully saturated rings. The minimum atomic E-state index is -1.30. The summed E-state index contributed by atoms with van der Waals surface area (Å²) in [5.74, 6) is 0. The van der Waals surface area contributed by atoms with Crippen LogP contribution in [0, 0.1) is 0 Å². The lowest BCUT2D eigenvalue weighted by molar-refractivity contribution is -0.0217. The number of benzene rings is 1. The number of hydrogen-bond acceptors (Lipinski definition) is 4. The van der Waals surface area contributed by atoms with Crippen LogP contribution in [0.4, 0.5) is 0 Å². The van der Waals surface area contributed by atoms with Gasteiger partial charge in [-0.1, -0.05) is 35.3 Å². The molecule has 1 N–H and O–H groups in total. The van der Waals surface area contributed by atoms with Crippen LogP contribution in [-0.2, 0) is 20.5 Å². The molecule has 1 aromatic carbocycles. The summed E-state index contributed by atoms with van der Waals surface area (Å²) in [6, 6.07) is 8.98. The third kappa shape index (κ3) is 4.43. The fraction of sp³-hybridized carbons (Fsp3) is 0.333. The van der Waals surface area contributed by atoms with Crippen molar-refractivity contribution >= 4 is 45.5 Å². The molecule has 2 heterocycles. The summed E-state index contributed by atoms with van der Waals surface area (Å²) >= 11 is 14.1. The molecule has 0 radical (unpaired) electrons. The van der Waals surface area contributed by atoms with Gasteiger partial charge in [0.15, 0.2) is 0 Å². The van der Waals surface area contributed by atoms with Gasteiger partial charge in [0.05, 0.1) is 31.0 Å². The Bertz CT molecular complexity index is 837. The molecule has 0 saturated carbocycles. The number of hydrogen-bond donors (Lipinski definition) is 1. The topological polar surface area (TPSA) is 47.6 Å². The Labute approximate surface area is 169 Å². The minimum absolute atomic E-state index is 0.374. The molecule has 0 aliphatic carbocycles. The van der Waals surface area contributed by atoms with E-state index in [0.717, 1.165) is 16.0 Å². The summed E-state index contributed by atoms with van der Waals surface area (Å²) in [6.07, 6.45) is 2.50. The van der Waals surface area contributed by atoms with Gasteiger partial charge in [0.1, 0.15) is 12.5 Å². The molecule has 0 amide bonds. The van der Waals surface area contributed by atoms with Crippen molar-refractivity contribution < 1.29 is 13.7 Å². The van der Waals surface area contributed by atoms with Crippen LogP contribution in [-0.4, -0.2) is 8.96 Å². The highest BCUT2D eigenvalue weighted by Gasteiger charge is 2.29. The predicted octanol–water partition coefficient (Wildman–Crippen LogP) is 5.71. The fourth-order valence-electron chi connectivity index (χ4n) is 2.37. The summed E-state index contributed by atoms with van der Waals surface area (Å²) in [5.41, 5.74) is 1.69. The van der Waals surface area contributed by atoms with E-state index in [1.165, 1.54) is 23.9 Å². The predicted molar refractivity (Wildman–Crippen MR) is 108 cm³/mol. The van der Waals surface area contributed by atoms with Gasteiger partial charge >= 0.3 is 0 Å². The van der Waals surface area contributed by atoms with Gasteiger partial charge in [0, 0.05) is 10.6 Å². The van der Waals surface area contributed by atoms with Crippen molar-refractivity contribution in [2.75, 3.05) is 0 Å². The lowest BCUT2D eigenvalue weighted by Crippen LogP contribution is -2.36. The zero-order chi connectivity index (χ0) is 18.9. The van der Waals surface area contributed by atoms with E-state index in [1.54, 1.807) is 6.07 Å². The Hall–Kier alpha value is -1.05. The van der Waals surface area contributed by atoms with E-state index < -0.39 is 22.0 Å². The monoisotopic (exact) mass is 431 g/mol. The average molecular weight is 432 g/mol. The van der Waals surface area contributed by atoms with E-state index in [-0.39, 0.29) is 6.04 Å². The van der Waals surface area contributed by atoms with Gasteiger partial charge in [-0.05, 0) is 44.5 Å². The van der Waals surface area contributed by atoms with Crippen LogP contribution in [0.2, 0.25) is 9.36 Å². The van der Waals surface area contributed by atoms with Gasteiger partial charge in [-0.2, -0.15) is 0 Å². The molecule has 8 heteroatoms. The number of nitrogens with one attached hydrogen (secondary N) is 1. The number of rotatable bonds is 5. The third-order valence-electron chi connectivity index (χ3n) is 3.70. The van der Waals surface area contributed by atoms with E-state index in [0.29, 0.717) is 9.36 Å². The van der Waals surface area contributed by atoms with Crippen LogP contribution in [0.15, 0.2) is 42.9 Å². The molecule has 1 aliphatic heterocycles. The largest absolute Gasteiger partial charge is 0.454 e. The molecule has 2 unspecified atom stereocenters. The van der Waals surface area contributed by atoms with Crippen LogP contribution in [0.5, 0.6) is 0 Å². The van der Waals surface area contributed by atoms with Gasteiger partial charge in [-0.25, -0.2) is 8.93 Å². The second-order valence-electron chi connectivity index (χ2n) is 6.74. The zero-order valence-corrected chi connectivity index (χ0v) is 17.6. The molecule has 3 rings (SSSR count). The van der Waals surface area contributed by atoms with Crippen molar-refractivity contribution in [3.05, 3.63) is 68.2 Å². The molecular formula is C18H19Cl2NO3S2. The van der Waals surface area contributed by atoms with E-state index in [9.17, 15) is 4.21 Å². The lowest BCUT2D eigenvalue weighted by Gasteiger charge is -2.24. The molecule has 4 nitrogen and oxygen atoms in total. The maximum absolute atomic E-state index is 12.7. The summed E-state index contributed by atoms with van der Waals surface area (Å²) < 4.78 is 26.9. The van der Waals surface area contributed by atoms with Crippen LogP contribution in [0.25, 0.3) is 0 Å². The highest BCUT2D eigenvalue weighted by atomic mass is 35.5. The standard InChI is InChI=1S/C18H19Cl2NO3S2/c1-18(2,3)26(22)21-15(11-5-4-6-12(19)9-11)13-10-14(25-16(13)20)17-23-7-8-24-17/h4-10,15,17,21H,1-3H3. The smallest absolute Gasteiger partial charge is 0.275 e. The van der Waals surface area contributed by atoms with Gasteiger partial charge < -0.3 is 9.47 Å². The molecule has 2 aromatic rings. The zero-order valence-electron chi connectivity index (χ0n) is 14.5. The number of ether oxygens (including phenoxy) is 2. The molecule has 0 saturated heterocycles. The van der Waals surface area contributed by atoms with Crippen molar-refractivity contribution in [1.29, 1.82) is 0 Å². The van der Waals surface area contributed by atoms with E-state index in [1.807, 2.05) is 45.0 Å². The summed E-state index contributed by atoms with van der Waals surface area (Å²) in [7, 11) is -1.30. The molecule has 1 aromatic heterocycles. The molecule has 26 heavy (non-hydrogen) atoms. The first kappa shape index (κ1) is 19.7. The van der Waals surface area contributed by atoms with Gasteiger partial charge in [-0.3, -0.25) is 0 Å². The Morgan fingerprint density at radius 1 is 1.19 bits per heavy atom. The normalized spacial score (nSPS) is 17.0.